The van der Waals surface area contributed by atoms with E-state index in [9.17, 15) is 4.79 Å². The van der Waals surface area contributed by atoms with Crippen LogP contribution >= 0.6 is 11.6 Å². The molecule has 0 spiro atoms. The molecule has 0 saturated carbocycles. The minimum atomic E-state index is 0.109. The first kappa shape index (κ1) is 11.0. The summed E-state index contributed by atoms with van der Waals surface area (Å²) in [4.78, 5) is 11.4. The Bertz CT molecular complexity index is 368. The van der Waals surface area contributed by atoms with Crippen LogP contribution in [0.4, 0.5) is 0 Å². The second kappa shape index (κ2) is 4.42. The van der Waals surface area contributed by atoms with Gasteiger partial charge in [-0.15, -0.1) is 6.58 Å². The Kier molecular flexibility index (Phi) is 3.47. The Morgan fingerprint density at radius 2 is 2.36 bits per heavy atom. The third kappa shape index (κ3) is 2.23. The van der Waals surface area contributed by atoms with Gasteiger partial charge in [-0.2, -0.15) is 5.10 Å². The van der Waals surface area contributed by atoms with Gasteiger partial charge in [0.15, 0.2) is 0 Å². The van der Waals surface area contributed by atoms with Gasteiger partial charge >= 0.3 is 0 Å². The van der Waals surface area contributed by atoms with Crippen LogP contribution in [0.5, 0.6) is 0 Å². The van der Waals surface area contributed by atoms with E-state index < -0.39 is 0 Å². The molecular formula is C10H13ClN2O. The van der Waals surface area contributed by atoms with Gasteiger partial charge in [0.1, 0.15) is 10.9 Å². The van der Waals surface area contributed by atoms with E-state index in [0.29, 0.717) is 18.0 Å². The van der Waals surface area contributed by atoms with Crippen LogP contribution in [0.25, 0.3) is 0 Å². The predicted octanol–water partition coefficient (Wildman–Crippen LogP) is 2.07. The van der Waals surface area contributed by atoms with Gasteiger partial charge in [-0.1, -0.05) is 17.7 Å². The normalized spacial score (nSPS) is 10.2. The molecule has 0 aliphatic heterocycles. The maximum Gasteiger partial charge on any atom is 0.141 e. The number of carbonyl (C=O) groups excluding carboxylic acids is 1. The molecule has 0 aromatic carbocycles. The zero-order chi connectivity index (χ0) is 10.7. The molecule has 0 aliphatic rings. The first-order valence-corrected chi connectivity index (χ1v) is 4.74. The summed E-state index contributed by atoms with van der Waals surface area (Å²) in [7, 11) is 1.76. The minimum absolute atomic E-state index is 0.109. The third-order valence-corrected chi connectivity index (χ3v) is 2.49. The Morgan fingerprint density at radius 1 is 1.71 bits per heavy atom. The molecule has 1 aromatic rings. The number of aryl methyl sites for hydroxylation is 2. The number of allylic oxidation sites excluding steroid dienone is 1. The molecule has 0 saturated heterocycles. The molecule has 4 heteroatoms. The summed E-state index contributed by atoms with van der Waals surface area (Å²) in [6.45, 7) is 5.37. The molecule has 1 heterocycles. The average molecular weight is 213 g/mol. The van der Waals surface area contributed by atoms with Crippen molar-refractivity contribution in [3.8, 4) is 0 Å². The highest BCUT2D eigenvalue weighted by molar-refractivity contribution is 6.30. The van der Waals surface area contributed by atoms with Crippen LogP contribution in [0.3, 0.4) is 0 Å². The topological polar surface area (TPSA) is 34.9 Å². The fraction of sp³-hybridized carbons (Fsp3) is 0.400. The van der Waals surface area contributed by atoms with E-state index in [-0.39, 0.29) is 5.78 Å². The van der Waals surface area contributed by atoms with Crippen LogP contribution in [0.2, 0.25) is 5.15 Å². The molecule has 1 aromatic heterocycles. The van der Waals surface area contributed by atoms with Crippen molar-refractivity contribution in [3.63, 3.8) is 0 Å². The molecule has 0 amide bonds. The molecule has 1 rings (SSSR count). The average Bonchev–Trinajstić information content (AvgIpc) is 2.33. The van der Waals surface area contributed by atoms with Crippen molar-refractivity contribution in [1.29, 1.82) is 0 Å². The predicted molar refractivity (Wildman–Crippen MR) is 56.5 cm³/mol. The van der Waals surface area contributed by atoms with E-state index in [1.807, 2.05) is 6.92 Å². The van der Waals surface area contributed by atoms with Gasteiger partial charge in [-0.25, -0.2) is 0 Å². The maximum absolute atomic E-state index is 11.4. The molecule has 0 bridgehead atoms. The first-order valence-electron chi connectivity index (χ1n) is 4.36. The van der Waals surface area contributed by atoms with Crippen LogP contribution < -0.4 is 0 Å². The number of rotatable bonds is 4. The monoisotopic (exact) mass is 212 g/mol. The lowest BCUT2D eigenvalue weighted by Crippen LogP contribution is -2.01. The zero-order valence-corrected chi connectivity index (χ0v) is 9.14. The number of nitrogens with zero attached hydrogens (tertiary/aromatic N) is 2. The number of halogens is 1. The van der Waals surface area contributed by atoms with Gasteiger partial charge in [0.2, 0.25) is 0 Å². The quantitative estimate of drug-likeness (QED) is 0.717. The van der Waals surface area contributed by atoms with Gasteiger partial charge in [0.25, 0.3) is 0 Å². The second-order valence-electron chi connectivity index (χ2n) is 3.19. The van der Waals surface area contributed by atoms with Crippen molar-refractivity contribution in [3.05, 3.63) is 29.1 Å². The smallest absolute Gasteiger partial charge is 0.141 e. The third-order valence-electron chi connectivity index (χ3n) is 2.02. The van der Waals surface area contributed by atoms with Gasteiger partial charge in [0, 0.05) is 25.5 Å². The minimum Gasteiger partial charge on any atom is -0.299 e. The van der Waals surface area contributed by atoms with Gasteiger partial charge in [-0.05, 0) is 6.92 Å². The summed E-state index contributed by atoms with van der Waals surface area (Å²) in [6.07, 6.45) is 2.32. The van der Waals surface area contributed by atoms with Crippen LogP contribution in [0.1, 0.15) is 17.7 Å². The summed E-state index contributed by atoms with van der Waals surface area (Å²) < 4.78 is 1.58. The molecular weight excluding hydrogens is 200 g/mol. The lowest BCUT2D eigenvalue weighted by atomic mass is 10.1. The van der Waals surface area contributed by atoms with Crippen LogP contribution in [-0.2, 0) is 18.3 Å². The maximum atomic E-state index is 11.4. The molecule has 76 valence electrons. The van der Waals surface area contributed by atoms with Gasteiger partial charge in [0.05, 0.1) is 5.69 Å². The van der Waals surface area contributed by atoms with Crippen molar-refractivity contribution < 1.29 is 4.79 Å². The van der Waals surface area contributed by atoms with E-state index >= 15 is 0 Å². The molecule has 0 radical (unpaired) electrons. The van der Waals surface area contributed by atoms with Crippen LogP contribution in [-0.4, -0.2) is 15.6 Å². The summed E-state index contributed by atoms with van der Waals surface area (Å²) in [5, 5.41) is 4.67. The molecule has 0 atom stereocenters. The highest BCUT2D eigenvalue weighted by atomic mass is 35.5. The molecule has 0 aliphatic carbocycles. The first-order chi connectivity index (χ1) is 6.56. The summed E-state index contributed by atoms with van der Waals surface area (Å²) in [6, 6.07) is 0. The van der Waals surface area contributed by atoms with Gasteiger partial charge < -0.3 is 0 Å². The standard InChI is InChI=1S/C10H13ClN2O/c1-4-5-8(14)6-9-7(2)12-13(3)10(9)11/h4H,1,5-6H2,2-3H3. The Balaban J connectivity index is 2.85. The fourth-order valence-electron chi connectivity index (χ4n) is 1.31. The summed E-state index contributed by atoms with van der Waals surface area (Å²) >= 11 is 5.98. The Labute approximate surface area is 88.4 Å². The van der Waals surface area contributed by atoms with Crippen LogP contribution in [0, 0.1) is 6.92 Å². The fourth-order valence-corrected chi connectivity index (χ4v) is 1.55. The Morgan fingerprint density at radius 3 is 2.79 bits per heavy atom. The van der Waals surface area contributed by atoms with E-state index in [0.717, 1.165) is 11.3 Å². The molecule has 0 N–H and O–H groups in total. The van der Waals surface area contributed by atoms with E-state index in [1.54, 1.807) is 17.8 Å². The number of Topliss-reactive ketones (excluding diaryl/α,β-unsaturated/α-hetero) is 1. The van der Waals surface area contributed by atoms with Gasteiger partial charge in [-0.3, -0.25) is 9.48 Å². The van der Waals surface area contributed by atoms with E-state index in [4.69, 9.17) is 11.6 Å². The van der Waals surface area contributed by atoms with E-state index in [1.165, 1.54) is 0 Å². The zero-order valence-electron chi connectivity index (χ0n) is 8.38. The number of hydrogen-bond donors (Lipinski definition) is 0. The Hall–Kier alpha value is -1.09. The molecule has 3 nitrogen and oxygen atoms in total. The highest BCUT2D eigenvalue weighted by Gasteiger charge is 2.13. The van der Waals surface area contributed by atoms with Crippen LogP contribution in [0.15, 0.2) is 12.7 Å². The molecule has 14 heavy (non-hydrogen) atoms. The van der Waals surface area contributed by atoms with Crippen molar-refractivity contribution >= 4 is 17.4 Å². The lowest BCUT2D eigenvalue weighted by molar-refractivity contribution is -0.117. The number of ketones is 1. The van der Waals surface area contributed by atoms with E-state index in [2.05, 4.69) is 11.7 Å². The van der Waals surface area contributed by atoms with Crippen molar-refractivity contribution in [2.45, 2.75) is 19.8 Å². The summed E-state index contributed by atoms with van der Waals surface area (Å²) in [5.41, 5.74) is 1.64. The summed E-state index contributed by atoms with van der Waals surface area (Å²) in [5.74, 6) is 0.109. The number of carbonyl (C=O) groups is 1. The van der Waals surface area contributed by atoms with Crippen molar-refractivity contribution in [1.82, 2.24) is 9.78 Å². The SMILES string of the molecule is C=CCC(=O)Cc1c(C)nn(C)c1Cl. The largest absolute Gasteiger partial charge is 0.299 e. The second-order valence-corrected chi connectivity index (χ2v) is 3.54. The molecule has 0 fully saturated rings. The number of aromatic nitrogens is 2. The lowest BCUT2D eigenvalue weighted by Gasteiger charge is -1.97. The van der Waals surface area contributed by atoms with Crippen molar-refractivity contribution in [2.24, 2.45) is 7.05 Å². The van der Waals surface area contributed by atoms with Crippen molar-refractivity contribution in [2.75, 3.05) is 0 Å². The number of hydrogen-bond acceptors (Lipinski definition) is 2. The molecule has 0 unspecified atom stereocenters. The highest BCUT2D eigenvalue weighted by Crippen LogP contribution is 2.19.